The summed E-state index contributed by atoms with van der Waals surface area (Å²) in [6.07, 6.45) is 0. The molecule has 0 aliphatic heterocycles. The number of hydrogen-bond donors (Lipinski definition) is 2. The smallest absolute Gasteiger partial charge is 0.221 e. The Morgan fingerprint density at radius 1 is 1.25 bits per heavy atom. The van der Waals surface area contributed by atoms with Crippen molar-refractivity contribution in [1.29, 1.82) is 0 Å². The van der Waals surface area contributed by atoms with Gasteiger partial charge in [-0.05, 0) is 29.8 Å². The van der Waals surface area contributed by atoms with Crippen LogP contribution in [0.1, 0.15) is 12.5 Å². The van der Waals surface area contributed by atoms with Crippen molar-refractivity contribution in [1.82, 2.24) is 0 Å². The Morgan fingerprint density at radius 2 is 2.00 bits per heavy atom. The molecule has 5 heteroatoms. The van der Waals surface area contributed by atoms with Crippen LogP contribution in [-0.4, -0.2) is 5.91 Å². The van der Waals surface area contributed by atoms with Crippen molar-refractivity contribution < 1.29 is 9.18 Å². The number of carbonyl (C=O) groups is 1. The largest absolute Gasteiger partial charge is 0.381 e. The zero-order valence-electron chi connectivity index (χ0n) is 10.9. The van der Waals surface area contributed by atoms with Gasteiger partial charge in [0.2, 0.25) is 5.91 Å². The van der Waals surface area contributed by atoms with E-state index in [1.165, 1.54) is 19.1 Å². The van der Waals surface area contributed by atoms with Gasteiger partial charge in [-0.1, -0.05) is 29.8 Å². The number of para-hydroxylation sites is 1. The average molecular weight is 293 g/mol. The van der Waals surface area contributed by atoms with Gasteiger partial charge in [-0.25, -0.2) is 4.39 Å². The number of halogens is 2. The van der Waals surface area contributed by atoms with Gasteiger partial charge in [-0.3, -0.25) is 4.79 Å². The quantitative estimate of drug-likeness (QED) is 0.892. The molecule has 104 valence electrons. The second-order valence-corrected chi connectivity index (χ2v) is 4.79. The molecule has 0 aromatic heterocycles. The number of benzene rings is 2. The lowest BCUT2D eigenvalue weighted by Crippen LogP contribution is -2.10. The van der Waals surface area contributed by atoms with E-state index >= 15 is 0 Å². The number of nitrogens with one attached hydrogen (secondary N) is 2. The SMILES string of the molecule is CC(=O)Nc1ccccc1CNc1cc(F)cc(Cl)c1. The van der Waals surface area contributed by atoms with Gasteiger partial charge in [0.1, 0.15) is 5.82 Å². The lowest BCUT2D eigenvalue weighted by molar-refractivity contribution is -0.114. The second kappa shape index (κ2) is 6.39. The molecule has 0 unspecified atom stereocenters. The molecule has 0 radical (unpaired) electrons. The van der Waals surface area contributed by atoms with Crippen LogP contribution in [0.3, 0.4) is 0 Å². The van der Waals surface area contributed by atoms with Crippen LogP contribution in [0, 0.1) is 5.82 Å². The van der Waals surface area contributed by atoms with E-state index < -0.39 is 5.82 Å². The maximum absolute atomic E-state index is 13.2. The van der Waals surface area contributed by atoms with Gasteiger partial charge in [0.15, 0.2) is 0 Å². The van der Waals surface area contributed by atoms with Gasteiger partial charge >= 0.3 is 0 Å². The Bertz CT molecular complexity index is 611. The van der Waals surface area contributed by atoms with Crippen molar-refractivity contribution in [2.75, 3.05) is 10.6 Å². The summed E-state index contributed by atoms with van der Waals surface area (Å²) in [4.78, 5) is 11.1. The van der Waals surface area contributed by atoms with Crippen LogP contribution in [0.25, 0.3) is 0 Å². The third-order valence-corrected chi connectivity index (χ3v) is 2.89. The number of amides is 1. The van der Waals surface area contributed by atoms with Crippen LogP contribution in [0.5, 0.6) is 0 Å². The van der Waals surface area contributed by atoms with E-state index in [0.29, 0.717) is 17.3 Å². The molecule has 0 fully saturated rings. The van der Waals surface area contributed by atoms with E-state index in [2.05, 4.69) is 10.6 Å². The van der Waals surface area contributed by atoms with Gasteiger partial charge < -0.3 is 10.6 Å². The van der Waals surface area contributed by atoms with Crippen LogP contribution in [-0.2, 0) is 11.3 Å². The van der Waals surface area contributed by atoms with Crippen molar-refractivity contribution in [2.24, 2.45) is 0 Å². The molecular weight excluding hydrogens is 279 g/mol. The second-order valence-electron chi connectivity index (χ2n) is 4.35. The Hall–Kier alpha value is -2.07. The van der Waals surface area contributed by atoms with Crippen molar-refractivity contribution in [3.05, 3.63) is 58.9 Å². The van der Waals surface area contributed by atoms with Crippen LogP contribution in [0.4, 0.5) is 15.8 Å². The molecule has 0 aliphatic rings. The third kappa shape index (κ3) is 3.96. The first-order chi connectivity index (χ1) is 9.54. The number of hydrogen-bond acceptors (Lipinski definition) is 2. The Kier molecular flexibility index (Phi) is 4.58. The summed E-state index contributed by atoms with van der Waals surface area (Å²) < 4.78 is 13.2. The number of carbonyl (C=O) groups excluding carboxylic acids is 1. The zero-order chi connectivity index (χ0) is 14.5. The highest BCUT2D eigenvalue weighted by Crippen LogP contribution is 2.21. The molecule has 20 heavy (non-hydrogen) atoms. The molecule has 0 heterocycles. The summed E-state index contributed by atoms with van der Waals surface area (Å²) in [5.41, 5.74) is 2.23. The molecule has 0 spiro atoms. The maximum atomic E-state index is 13.2. The van der Waals surface area contributed by atoms with Crippen LogP contribution < -0.4 is 10.6 Å². The fourth-order valence-electron chi connectivity index (χ4n) is 1.84. The van der Waals surface area contributed by atoms with Crippen molar-refractivity contribution >= 4 is 28.9 Å². The summed E-state index contributed by atoms with van der Waals surface area (Å²) in [6, 6.07) is 11.7. The monoisotopic (exact) mass is 292 g/mol. The van der Waals surface area contributed by atoms with E-state index in [9.17, 15) is 9.18 Å². The first-order valence-corrected chi connectivity index (χ1v) is 6.48. The number of rotatable bonds is 4. The van der Waals surface area contributed by atoms with E-state index in [-0.39, 0.29) is 5.91 Å². The third-order valence-electron chi connectivity index (χ3n) is 2.67. The van der Waals surface area contributed by atoms with Crippen LogP contribution >= 0.6 is 11.6 Å². The minimum Gasteiger partial charge on any atom is -0.381 e. The fourth-order valence-corrected chi connectivity index (χ4v) is 2.06. The summed E-state index contributed by atoms with van der Waals surface area (Å²) in [7, 11) is 0. The molecule has 3 nitrogen and oxygen atoms in total. The Labute approximate surface area is 121 Å². The summed E-state index contributed by atoms with van der Waals surface area (Å²) >= 11 is 5.79. The Balaban J connectivity index is 2.12. The summed E-state index contributed by atoms with van der Waals surface area (Å²) in [5, 5.41) is 6.17. The standard InChI is InChI=1S/C15H14ClFN2O/c1-10(20)19-15-5-3-2-4-11(15)9-18-14-7-12(16)6-13(17)8-14/h2-8,18H,9H2,1H3,(H,19,20). The summed E-state index contributed by atoms with van der Waals surface area (Å²) in [5.74, 6) is -0.526. The molecule has 2 aromatic rings. The minimum atomic E-state index is -0.393. The van der Waals surface area contributed by atoms with E-state index in [0.717, 1.165) is 11.3 Å². The average Bonchev–Trinajstić information content (AvgIpc) is 2.36. The molecule has 0 aliphatic carbocycles. The molecule has 0 saturated carbocycles. The minimum absolute atomic E-state index is 0.133. The van der Waals surface area contributed by atoms with E-state index in [1.54, 1.807) is 6.07 Å². The molecule has 0 atom stereocenters. The first-order valence-electron chi connectivity index (χ1n) is 6.10. The lowest BCUT2D eigenvalue weighted by Gasteiger charge is -2.12. The lowest BCUT2D eigenvalue weighted by atomic mass is 10.1. The molecule has 1 amide bonds. The van der Waals surface area contributed by atoms with Gasteiger partial charge in [0.05, 0.1) is 0 Å². The molecule has 0 bridgehead atoms. The predicted octanol–water partition coefficient (Wildman–Crippen LogP) is 4.05. The molecule has 0 saturated heterocycles. The van der Waals surface area contributed by atoms with E-state index in [4.69, 9.17) is 11.6 Å². The summed E-state index contributed by atoms with van der Waals surface area (Å²) in [6.45, 7) is 1.91. The fraction of sp³-hybridized carbons (Fsp3) is 0.133. The molecule has 2 rings (SSSR count). The van der Waals surface area contributed by atoms with E-state index in [1.807, 2.05) is 24.3 Å². The highest BCUT2D eigenvalue weighted by molar-refractivity contribution is 6.30. The topological polar surface area (TPSA) is 41.1 Å². The predicted molar refractivity (Wildman–Crippen MR) is 79.5 cm³/mol. The number of anilines is 2. The van der Waals surface area contributed by atoms with Crippen molar-refractivity contribution in [3.63, 3.8) is 0 Å². The van der Waals surface area contributed by atoms with Crippen LogP contribution in [0.2, 0.25) is 5.02 Å². The van der Waals surface area contributed by atoms with Crippen LogP contribution in [0.15, 0.2) is 42.5 Å². The maximum Gasteiger partial charge on any atom is 0.221 e. The Morgan fingerprint density at radius 3 is 2.70 bits per heavy atom. The van der Waals surface area contributed by atoms with Crippen molar-refractivity contribution in [2.45, 2.75) is 13.5 Å². The molecule has 2 N–H and O–H groups in total. The van der Waals surface area contributed by atoms with Gasteiger partial charge in [0.25, 0.3) is 0 Å². The van der Waals surface area contributed by atoms with Gasteiger partial charge in [-0.2, -0.15) is 0 Å². The first kappa shape index (κ1) is 14.3. The molecule has 2 aromatic carbocycles. The van der Waals surface area contributed by atoms with Crippen molar-refractivity contribution in [3.8, 4) is 0 Å². The zero-order valence-corrected chi connectivity index (χ0v) is 11.7. The van der Waals surface area contributed by atoms with Gasteiger partial charge in [-0.15, -0.1) is 0 Å². The van der Waals surface area contributed by atoms with Gasteiger partial charge in [0, 0.05) is 29.9 Å². The normalized spacial score (nSPS) is 10.2. The highest BCUT2D eigenvalue weighted by atomic mass is 35.5. The molecular formula is C15H14ClFN2O. The highest BCUT2D eigenvalue weighted by Gasteiger charge is 2.04.